The van der Waals surface area contributed by atoms with Crippen molar-refractivity contribution in [3.63, 3.8) is 0 Å². The van der Waals surface area contributed by atoms with Gasteiger partial charge in [-0.05, 0) is 12.1 Å². The van der Waals surface area contributed by atoms with Crippen molar-refractivity contribution in [1.29, 1.82) is 0 Å². The Hall–Kier alpha value is -3.09. The van der Waals surface area contributed by atoms with Crippen molar-refractivity contribution in [2.75, 3.05) is 20.3 Å². The number of nitrogens with zero attached hydrogens (tertiary/aromatic N) is 3. The third-order valence-corrected chi connectivity index (χ3v) is 3.47. The minimum absolute atomic E-state index is 0.250. The van der Waals surface area contributed by atoms with Crippen molar-refractivity contribution in [2.45, 2.75) is 0 Å². The van der Waals surface area contributed by atoms with E-state index in [1.165, 1.54) is 11.8 Å². The molecule has 24 heavy (non-hydrogen) atoms. The molecule has 0 saturated carbocycles. The average Bonchev–Trinajstić information content (AvgIpc) is 2.99. The lowest BCUT2D eigenvalue weighted by molar-refractivity contribution is 0.0944. The molecule has 0 aliphatic carbocycles. The number of amides is 1. The maximum Gasteiger partial charge on any atom is 0.258 e. The molecule has 0 bridgehead atoms. The number of carbonyl (C=O) groups excluding carboxylic acids is 1. The summed E-state index contributed by atoms with van der Waals surface area (Å²) in [5.74, 6) is 0.745. The van der Waals surface area contributed by atoms with Crippen LogP contribution < -0.4 is 14.8 Å². The lowest BCUT2D eigenvalue weighted by atomic mass is 10.2. The second kappa shape index (κ2) is 6.99. The summed E-state index contributed by atoms with van der Waals surface area (Å²) in [6.45, 7) is 0.699. The van der Waals surface area contributed by atoms with Crippen LogP contribution >= 0.6 is 0 Å². The van der Waals surface area contributed by atoms with Crippen molar-refractivity contribution in [2.24, 2.45) is 7.05 Å². The van der Waals surface area contributed by atoms with Crippen LogP contribution in [0.5, 0.6) is 11.6 Å². The van der Waals surface area contributed by atoms with Gasteiger partial charge in [-0.1, -0.05) is 18.2 Å². The molecule has 0 saturated heterocycles. The Kier molecular flexibility index (Phi) is 4.60. The molecule has 0 radical (unpaired) electrons. The summed E-state index contributed by atoms with van der Waals surface area (Å²) >= 11 is 0. The number of benzene rings is 1. The van der Waals surface area contributed by atoms with Gasteiger partial charge in [-0.2, -0.15) is 0 Å². The van der Waals surface area contributed by atoms with E-state index in [0.29, 0.717) is 30.3 Å². The van der Waals surface area contributed by atoms with E-state index in [1.807, 2.05) is 30.3 Å². The quantitative estimate of drug-likeness (QED) is 0.699. The van der Waals surface area contributed by atoms with E-state index in [4.69, 9.17) is 9.47 Å². The van der Waals surface area contributed by atoms with Crippen LogP contribution in [0, 0.1) is 0 Å². The molecule has 0 aliphatic rings. The number of para-hydroxylation sites is 1. The van der Waals surface area contributed by atoms with Gasteiger partial charge in [0.1, 0.15) is 23.4 Å². The average molecular weight is 326 g/mol. The smallest absolute Gasteiger partial charge is 0.258 e. The Balaban J connectivity index is 1.57. The van der Waals surface area contributed by atoms with Gasteiger partial charge in [0.2, 0.25) is 5.88 Å². The summed E-state index contributed by atoms with van der Waals surface area (Å²) in [5.41, 5.74) is 1.20. The second-order valence-electron chi connectivity index (χ2n) is 5.16. The van der Waals surface area contributed by atoms with Crippen LogP contribution in [0.4, 0.5) is 0 Å². The first-order valence-electron chi connectivity index (χ1n) is 7.51. The highest BCUT2D eigenvalue weighted by atomic mass is 16.5. The van der Waals surface area contributed by atoms with Gasteiger partial charge in [0.25, 0.3) is 5.91 Å². The number of carbonyl (C=O) groups is 1. The van der Waals surface area contributed by atoms with Gasteiger partial charge < -0.3 is 14.8 Å². The Morgan fingerprint density at radius 2 is 2.12 bits per heavy atom. The fraction of sp³-hybridized carbons (Fsp3) is 0.235. The second-order valence-corrected chi connectivity index (χ2v) is 5.16. The predicted molar refractivity (Wildman–Crippen MR) is 89.3 cm³/mol. The van der Waals surface area contributed by atoms with E-state index in [-0.39, 0.29) is 5.91 Å². The molecule has 124 valence electrons. The van der Waals surface area contributed by atoms with Gasteiger partial charge in [0.15, 0.2) is 0 Å². The van der Waals surface area contributed by atoms with Crippen molar-refractivity contribution < 1.29 is 14.3 Å². The molecular weight excluding hydrogens is 308 g/mol. The van der Waals surface area contributed by atoms with Gasteiger partial charge in [-0.3, -0.25) is 14.5 Å². The fourth-order valence-corrected chi connectivity index (χ4v) is 2.39. The molecule has 2 heterocycles. The standard InChI is InChI=1S/C17H18N4O3/c1-21-11-13(17(20-21)23-2)16(22)19-9-10-24-14-7-3-5-12-6-4-8-18-15(12)14/h3-8,11H,9-10H2,1-2H3,(H,19,22). The van der Waals surface area contributed by atoms with Crippen molar-refractivity contribution in [1.82, 2.24) is 20.1 Å². The number of hydrogen-bond acceptors (Lipinski definition) is 5. The Labute approximate surface area is 139 Å². The van der Waals surface area contributed by atoms with E-state index in [0.717, 1.165) is 10.9 Å². The van der Waals surface area contributed by atoms with E-state index >= 15 is 0 Å². The van der Waals surface area contributed by atoms with Crippen LogP contribution in [0.3, 0.4) is 0 Å². The normalized spacial score (nSPS) is 10.6. The fourth-order valence-electron chi connectivity index (χ4n) is 2.39. The topological polar surface area (TPSA) is 78.3 Å². The molecule has 3 rings (SSSR count). The number of methoxy groups -OCH3 is 1. The van der Waals surface area contributed by atoms with Gasteiger partial charge in [-0.25, -0.2) is 0 Å². The minimum Gasteiger partial charge on any atom is -0.489 e. The summed E-state index contributed by atoms with van der Waals surface area (Å²) in [4.78, 5) is 16.5. The number of aryl methyl sites for hydroxylation is 1. The number of pyridine rings is 1. The number of hydrogen-bond donors (Lipinski definition) is 1. The van der Waals surface area contributed by atoms with Crippen molar-refractivity contribution in [3.8, 4) is 11.6 Å². The number of rotatable bonds is 6. The molecule has 1 N–H and O–H groups in total. The Morgan fingerprint density at radius 1 is 1.29 bits per heavy atom. The molecule has 0 fully saturated rings. The number of ether oxygens (including phenoxy) is 2. The molecule has 1 aromatic carbocycles. The van der Waals surface area contributed by atoms with Crippen molar-refractivity contribution in [3.05, 3.63) is 48.3 Å². The first kappa shape index (κ1) is 15.8. The number of nitrogens with one attached hydrogen (secondary N) is 1. The summed E-state index contributed by atoms with van der Waals surface area (Å²) in [7, 11) is 3.21. The van der Waals surface area contributed by atoms with Gasteiger partial charge in [0, 0.05) is 24.8 Å². The van der Waals surface area contributed by atoms with Crippen LogP contribution in [-0.2, 0) is 7.05 Å². The van der Waals surface area contributed by atoms with Crippen LogP contribution in [0.2, 0.25) is 0 Å². The molecule has 1 amide bonds. The number of aromatic nitrogens is 3. The zero-order chi connectivity index (χ0) is 16.9. The summed E-state index contributed by atoms with van der Waals surface area (Å²) in [5, 5.41) is 7.85. The van der Waals surface area contributed by atoms with Crippen LogP contribution in [0.1, 0.15) is 10.4 Å². The van der Waals surface area contributed by atoms with Gasteiger partial charge in [-0.15, -0.1) is 5.10 Å². The Bertz CT molecular complexity index is 855. The molecular formula is C17H18N4O3. The highest BCUT2D eigenvalue weighted by Crippen LogP contribution is 2.22. The third kappa shape index (κ3) is 3.29. The number of fused-ring (bicyclic) bond motifs is 1. The van der Waals surface area contributed by atoms with Gasteiger partial charge in [0.05, 0.1) is 13.7 Å². The highest BCUT2D eigenvalue weighted by Gasteiger charge is 2.15. The monoisotopic (exact) mass is 326 g/mol. The van der Waals surface area contributed by atoms with Crippen LogP contribution in [0.25, 0.3) is 10.9 Å². The lowest BCUT2D eigenvalue weighted by Crippen LogP contribution is -2.28. The first-order valence-corrected chi connectivity index (χ1v) is 7.51. The first-order chi connectivity index (χ1) is 11.7. The Morgan fingerprint density at radius 3 is 2.96 bits per heavy atom. The molecule has 0 unspecified atom stereocenters. The maximum atomic E-state index is 12.1. The van der Waals surface area contributed by atoms with E-state index in [9.17, 15) is 4.79 Å². The molecule has 0 atom stereocenters. The molecule has 7 heteroatoms. The maximum absolute atomic E-state index is 12.1. The lowest BCUT2D eigenvalue weighted by Gasteiger charge is -2.09. The van der Waals surface area contributed by atoms with Crippen molar-refractivity contribution >= 4 is 16.8 Å². The van der Waals surface area contributed by atoms with Gasteiger partial charge >= 0.3 is 0 Å². The SMILES string of the molecule is COc1nn(C)cc1C(=O)NCCOc1cccc2cccnc12. The van der Waals surface area contributed by atoms with E-state index in [1.54, 1.807) is 19.4 Å². The van der Waals surface area contributed by atoms with E-state index in [2.05, 4.69) is 15.4 Å². The third-order valence-electron chi connectivity index (χ3n) is 3.47. The zero-order valence-electron chi connectivity index (χ0n) is 13.5. The summed E-state index contributed by atoms with van der Waals surface area (Å²) < 4.78 is 12.4. The molecule has 7 nitrogen and oxygen atoms in total. The minimum atomic E-state index is -0.250. The molecule has 3 aromatic rings. The zero-order valence-corrected chi connectivity index (χ0v) is 13.5. The largest absolute Gasteiger partial charge is 0.489 e. The van der Waals surface area contributed by atoms with E-state index < -0.39 is 0 Å². The predicted octanol–water partition coefficient (Wildman–Crippen LogP) is 1.79. The van der Waals surface area contributed by atoms with Crippen LogP contribution in [-0.4, -0.2) is 40.9 Å². The molecule has 0 spiro atoms. The summed E-state index contributed by atoms with van der Waals surface area (Å²) in [6.07, 6.45) is 3.34. The molecule has 2 aromatic heterocycles. The summed E-state index contributed by atoms with van der Waals surface area (Å²) in [6, 6.07) is 9.62. The highest BCUT2D eigenvalue weighted by molar-refractivity contribution is 5.96. The van der Waals surface area contributed by atoms with Crippen LogP contribution in [0.15, 0.2) is 42.7 Å². The molecule has 0 aliphatic heterocycles.